The summed E-state index contributed by atoms with van der Waals surface area (Å²) in [7, 11) is 0. The van der Waals surface area contributed by atoms with E-state index in [1.54, 1.807) is 6.07 Å². The van der Waals surface area contributed by atoms with Gasteiger partial charge in [-0.25, -0.2) is 0 Å². The predicted molar refractivity (Wildman–Crippen MR) is 70.9 cm³/mol. The summed E-state index contributed by atoms with van der Waals surface area (Å²) in [6.07, 6.45) is 7.06. The molecule has 0 fully saturated rings. The maximum Gasteiger partial charge on any atom is 0.0431 e. The summed E-state index contributed by atoms with van der Waals surface area (Å²) in [5, 5.41) is 4.66. The van der Waals surface area contributed by atoms with E-state index in [1.807, 2.05) is 12.1 Å². The highest BCUT2D eigenvalue weighted by molar-refractivity contribution is 6.34. The molecule has 16 heavy (non-hydrogen) atoms. The third kappa shape index (κ3) is 4.06. The Bertz CT molecular complexity index is 362. The lowest BCUT2D eigenvalue weighted by molar-refractivity contribution is 0.542. The van der Waals surface area contributed by atoms with Crippen LogP contribution in [0.4, 0.5) is 0 Å². The summed E-state index contributed by atoms with van der Waals surface area (Å²) in [6.45, 7) is 3.04. The van der Waals surface area contributed by atoms with Gasteiger partial charge in [-0.2, -0.15) is 0 Å². The van der Waals surface area contributed by atoms with Crippen molar-refractivity contribution < 1.29 is 0 Å². The van der Waals surface area contributed by atoms with Gasteiger partial charge in [0.25, 0.3) is 0 Å². The summed E-state index contributed by atoms with van der Waals surface area (Å²) in [5.41, 5.74) is 1.05. The average Bonchev–Trinajstić information content (AvgIpc) is 2.22. The van der Waals surface area contributed by atoms with Crippen molar-refractivity contribution in [2.24, 2.45) is 0 Å². The van der Waals surface area contributed by atoms with Gasteiger partial charge in [0.1, 0.15) is 0 Å². The van der Waals surface area contributed by atoms with Gasteiger partial charge in [0.05, 0.1) is 0 Å². The quantitative estimate of drug-likeness (QED) is 0.783. The summed E-state index contributed by atoms with van der Waals surface area (Å²) in [5.74, 6) is 2.67. The van der Waals surface area contributed by atoms with Crippen molar-refractivity contribution in [1.29, 1.82) is 0 Å². The van der Waals surface area contributed by atoms with Gasteiger partial charge in [-0.05, 0) is 36.7 Å². The Morgan fingerprint density at radius 1 is 1.31 bits per heavy atom. The number of hydrogen-bond acceptors (Lipinski definition) is 1. The Morgan fingerprint density at radius 2 is 1.94 bits per heavy atom. The van der Waals surface area contributed by atoms with Crippen LogP contribution in [0.25, 0.3) is 0 Å². The molecule has 0 saturated carbocycles. The van der Waals surface area contributed by atoms with Crippen molar-refractivity contribution in [3.63, 3.8) is 0 Å². The molecule has 1 unspecified atom stereocenters. The Hall–Kier alpha value is -0.680. The van der Waals surface area contributed by atoms with E-state index in [0.29, 0.717) is 16.5 Å². The van der Waals surface area contributed by atoms with Gasteiger partial charge in [0, 0.05) is 22.5 Å². The molecule has 0 radical (unpaired) electrons. The fraction of sp³-hybridized carbons (Fsp3) is 0.385. The fourth-order valence-electron chi connectivity index (χ4n) is 1.52. The van der Waals surface area contributed by atoms with Crippen molar-refractivity contribution in [2.45, 2.75) is 25.8 Å². The first-order valence-electron chi connectivity index (χ1n) is 5.30. The Kier molecular flexibility index (Phi) is 5.69. The van der Waals surface area contributed by atoms with Crippen LogP contribution in [0.3, 0.4) is 0 Å². The Balaban J connectivity index is 2.87. The molecular weight excluding hydrogens is 241 g/mol. The fourth-order valence-corrected chi connectivity index (χ4v) is 2.06. The van der Waals surface area contributed by atoms with Crippen LogP contribution in [-0.4, -0.2) is 6.54 Å². The van der Waals surface area contributed by atoms with E-state index < -0.39 is 0 Å². The second kappa shape index (κ2) is 6.81. The summed E-state index contributed by atoms with van der Waals surface area (Å²) in [4.78, 5) is 0. The smallest absolute Gasteiger partial charge is 0.0431 e. The highest BCUT2D eigenvalue weighted by Crippen LogP contribution is 2.25. The van der Waals surface area contributed by atoms with E-state index in [1.165, 1.54) is 0 Å². The van der Waals surface area contributed by atoms with Gasteiger partial charge in [-0.15, -0.1) is 12.3 Å². The Labute approximate surface area is 107 Å². The lowest BCUT2D eigenvalue weighted by Crippen LogP contribution is -2.21. The second-order valence-corrected chi connectivity index (χ2v) is 4.49. The number of hydrogen-bond donors (Lipinski definition) is 1. The first-order valence-corrected chi connectivity index (χ1v) is 6.05. The van der Waals surface area contributed by atoms with Gasteiger partial charge >= 0.3 is 0 Å². The van der Waals surface area contributed by atoms with Crippen LogP contribution in [0.1, 0.15) is 31.4 Å². The molecule has 0 aromatic heterocycles. The summed E-state index contributed by atoms with van der Waals surface area (Å²) in [6, 6.07) is 5.65. The van der Waals surface area contributed by atoms with E-state index in [4.69, 9.17) is 29.6 Å². The van der Waals surface area contributed by atoms with Gasteiger partial charge in [0.15, 0.2) is 0 Å². The molecule has 1 aromatic carbocycles. The van der Waals surface area contributed by atoms with Crippen LogP contribution < -0.4 is 5.32 Å². The van der Waals surface area contributed by atoms with E-state index in [-0.39, 0.29) is 6.04 Å². The zero-order valence-electron chi connectivity index (χ0n) is 9.26. The van der Waals surface area contributed by atoms with Crippen LogP contribution in [0, 0.1) is 12.3 Å². The monoisotopic (exact) mass is 255 g/mol. The lowest BCUT2D eigenvalue weighted by Gasteiger charge is -2.17. The van der Waals surface area contributed by atoms with Gasteiger partial charge in [-0.3, -0.25) is 0 Å². The molecule has 0 amide bonds. The maximum atomic E-state index is 5.96. The highest BCUT2D eigenvalue weighted by atomic mass is 35.5. The van der Waals surface area contributed by atoms with Gasteiger partial charge in [-0.1, -0.05) is 30.1 Å². The van der Waals surface area contributed by atoms with E-state index >= 15 is 0 Å². The van der Waals surface area contributed by atoms with Gasteiger partial charge in [0.2, 0.25) is 0 Å². The third-order valence-corrected chi connectivity index (χ3v) is 2.69. The largest absolute Gasteiger partial charge is 0.309 e. The minimum atomic E-state index is 0.126. The van der Waals surface area contributed by atoms with Crippen LogP contribution in [0.2, 0.25) is 10.0 Å². The SMILES string of the molecule is C#CCC(NCCC)c1cc(Cl)cc(Cl)c1. The van der Waals surface area contributed by atoms with Crippen LogP contribution in [0.5, 0.6) is 0 Å². The molecule has 1 aromatic rings. The normalized spacial score (nSPS) is 12.1. The first-order chi connectivity index (χ1) is 7.67. The molecule has 1 atom stereocenters. The number of nitrogens with one attached hydrogen (secondary N) is 1. The molecule has 0 spiro atoms. The topological polar surface area (TPSA) is 12.0 Å². The molecule has 86 valence electrons. The molecule has 0 heterocycles. The van der Waals surface area contributed by atoms with Crippen molar-refractivity contribution >= 4 is 23.2 Å². The van der Waals surface area contributed by atoms with Crippen LogP contribution in [0.15, 0.2) is 18.2 Å². The predicted octanol–water partition coefficient (Wildman–Crippen LogP) is 4.06. The molecule has 0 aliphatic heterocycles. The molecule has 0 aliphatic carbocycles. The molecule has 0 bridgehead atoms. The standard InChI is InChI=1S/C13H15Cl2N/c1-3-5-13(16-6-4-2)10-7-11(14)9-12(15)8-10/h1,7-9,13,16H,4-6H2,2H3. The number of rotatable bonds is 5. The minimum Gasteiger partial charge on any atom is -0.309 e. The second-order valence-electron chi connectivity index (χ2n) is 3.62. The Morgan fingerprint density at radius 3 is 2.44 bits per heavy atom. The molecule has 1 nitrogen and oxygen atoms in total. The number of benzene rings is 1. The van der Waals surface area contributed by atoms with Crippen LogP contribution >= 0.6 is 23.2 Å². The number of halogens is 2. The average molecular weight is 256 g/mol. The van der Waals surface area contributed by atoms with Gasteiger partial charge < -0.3 is 5.32 Å². The van der Waals surface area contributed by atoms with E-state index in [0.717, 1.165) is 18.5 Å². The molecule has 0 aliphatic rings. The molecular formula is C13H15Cl2N. The zero-order chi connectivity index (χ0) is 12.0. The van der Waals surface area contributed by atoms with E-state index in [2.05, 4.69) is 18.2 Å². The summed E-state index contributed by atoms with van der Waals surface area (Å²) < 4.78 is 0. The molecule has 0 saturated heterocycles. The van der Waals surface area contributed by atoms with Crippen molar-refractivity contribution in [2.75, 3.05) is 6.54 Å². The maximum absolute atomic E-state index is 5.96. The lowest BCUT2D eigenvalue weighted by atomic mass is 10.0. The highest BCUT2D eigenvalue weighted by Gasteiger charge is 2.10. The third-order valence-electron chi connectivity index (χ3n) is 2.25. The van der Waals surface area contributed by atoms with Crippen molar-refractivity contribution in [1.82, 2.24) is 5.32 Å². The van der Waals surface area contributed by atoms with Crippen molar-refractivity contribution in [3.8, 4) is 12.3 Å². The molecule has 1 N–H and O–H groups in total. The minimum absolute atomic E-state index is 0.126. The zero-order valence-corrected chi connectivity index (χ0v) is 10.8. The molecule has 3 heteroatoms. The first kappa shape index (κ1) is 13.4. The van der Waals surface area contributed by atoms with E-state index in [9.17, 15) is 0 Å². The van der Waals surface area contributed by atoms with Crippen molar-refractivity contribution in [3.05, 3.63) is 33.8 Å². The molecule has 1 rings (SSSR count). The van der Waals surface area contributed by atoms with Crippen LogP contribution in [-0.2, 0) is 0 Å². The summed E-state index contributed by atoms with van der Waals surface area (Å²) >= 11 is 11.9. The number of terminal acetylenes is 1.